The van der Waals surface area contributed by atoms with Crippen LogP contribution in [-0.4, -0.2) is 17.8 Å². The van der Waals surface area contributed by atoms with Crippen LogP contribution >= 0.6 is 0 Å². The molecule has 1 aliphatic rings. The number of terminal acetylenes is 1. The minimum atomic E-state index is 0.379. The van der Waals surface area contributed by atoms with Gasteiger partial charge in [0.1, 0.15) is 13.3 Å². The zero-order chi connectivity index (χ0) is 23.9. The first-order valence-corrected chi connectivity index (χ1v) is 10.8. The largest absolute Gasteiger partial charge is 0.210 e. The highest BCUT2D eigenvalue weighted by Gasteiger charge is 2.10. The molecule has 0 fully saturated rings. The fourth-order valence-electron chi connectivity index (χ4n) is 2.29. The van der Waals surface area contributed by atoms with Crippen molar-refractivity contribution in [3.8, 4) is 12.8 Å². The average molecular weight is 409 g/mol. The summed E-state index contributed by atoms with van der Waals surface area (Å²) in [6, 6.07) is 6.50. The zero-order valence-electron chi connectivity index (χ0n) is 21.3. The second-order valence-corrected chi connectivity index (χ2v) is 9.40. The number of rotatable bonds is 2. The normalized spacial score (nSPS) is 15.3. The maximum absolute atomic E-state index is 4.00. The summed E-state index contributed by atoms with van der Waals surface area (Å²) in [5.41, 5.74) is 6.98. The molecule has 1 unspecified atom stereocenters. The number of nitrogens with zero attached hydrogens (tertiary/aromatic N) is 1. The maximum Gasteiger partial charge on any atom is 0.170 e. The van der Waals surface area contributed by atoms with Gasteiger partial charge in [0.25, 0.3) is 0 Å². The van der Waals surface area contributed by atoms with Crippen LogP contribution < -0.4 is 0 Å². The van der Waals surface area contributed by atoms with Gasteiger partial charge in [-0.3, -0.25) is 0 Å². The first-order chi connectivity index (χ1) is 13.8. The van der Waals surface area contributed by atoms with E-state index in [1.807, 2.05) is 14.0 Å². The van der Waals surface area contributed by atoms with Crippen molar-refractivity contribution >= 4 is 6.21 Å². The second kappa shape index (κ2) is 15.5. The molecule has 166 valence electrons. The van der Waals surface area contributed by atoms with E-state index in [0.29, 0.717) is 5.41 Å². The third-order valence-corrected chi connectivity index (χ3v) is 4.74. The predicted octanol–water partition coefficient (Wildman–Crippen LogP) is 8.06. The van der Waals surface area contributed by atoms with Gasteiger partial charge in [-0.1, -0.05) is 75.3 Å². The number of hydrogen-bond acceptors (Lipinski definition) is 0. The monoisotopic (exact) mass is 408 g/mol. The maximum atomic E-state index is 4.00. The topological polar surface area (TPSA) is 3.01 Å². The Morgan fingerprint density at radius 3 is 2.03 bits per heavy atom. The van der Waals surface area contributed by atoms with E-state index in [4.69, 9.17) is 0 Å². The molecule has 0 amide bonds. The Hall–Kier alpha value is -2.33. The van der Waals surface area contributed by atoms with Crippen molar-refractivity contribution in [2.24, 2.45) is 11.3 Å². The third kappa shape index (κ3) is 16.6. The molecule has 0 spiro atoms. The Bertz CT molecular complexity index is 748. The van der Waals surface area contributed by atoms with Gasteiger partial charge in [0, 0.05) is 13.3 Å². The molecule has 0 heterocycles. The van der Waals surface area contributed by atoms with Gasteiger partial charge in [0.15, 0.2) is 5.70 Å². The molecule has 30 heavy (non-hydrogen) atoms. The lowest BCUT2D eigenvalue weighted by Gasteiger charge is -2.12. The van der Waals surface area contributed by atoms with Crippen molar-refractivity contribution in [3.05, 3.63) is 71.0 Å². The Morgan fingerprint density at radius 2 is 1.70 bits per heavy atom. The van der Waals surface area contributed by atoms with Gasteiger partial charge in [-0.15, -0.1) is 12.8 Å². The van der Waals surface area contributed by atoms with E-state index in [0.717, 1.165) is 18.0 Å². The van der Waals surface area contributed by atoms with E-state index in [1.54, 1.807) is 0 Å². The van der Waals surface area contributed by atoms with Gasteiger partial charge in [0.2, 0.25) is 0 Å². The molecule has 0 saturated carbocycles. The number of aryl methyl sites for hydroxylation is 3. The highest BCUT2D eigenvalue weighted by molar-refractivity contribution is 5.52. The molecular weight excluding hydrogens is 362 g/mol. The van der Waals surface area contributed by atoms with Crippen molar-refractivity contribution in [2.75, 3.05) is 7.05 Å². The van der Waals surface area contributed by atoms with Crippen molar-refractivity contribution in [3.63, 3.8) is 0 Å². The first-order valence-electron chi connectivity index (χ1n) is 10.8. The molecular formula is C29H46N+. The van der Waals surface area contributed by atoms with Gasteiger partial charge in [0.05, 0.1) is 0 Å². The molecule has 0 saturated heterocycles. The van der Waals surface area contributed by atoms with E-state index in [2.05, 4.69) is 122 Å². The van der Waals surface area contributed by atoms with Gasteiger partial charge in [-0.05, 0) is 63.2 Å². The molecule has 1 heteroatoms. The van der Waals surface area contributed by atoms with Crippen LogP contribution in [0.3, 0.4) is 0 Å². The zero-order valence-corrected chi connectivity index (χ0v) is 21.3. The SMILES string of the molecule is C#C.C=C(C)[N+](C)=CCC(C)(C)C.CC1=CCC(C)C=C1.Cc1ccc(C)c(C)c1. The fraction of sp³-hybridized carbons (Fsp3) is 0.483. The minimum absolute atomic E-state index is 0.379. The molecule has 1 aliphatic carbocycles. The molecule has 0 aromatic heterocycles. The lowest BCUT2D eigenvalue weighted by atomic mass is 9.93. The van der Waals surface area contributed by atoms with Crippen LogP contribution in [0, 0.1) is 45.0 Å². The quantitative estimate of drug-likeness (QED) is 0.264. The van der Waals surface area contributed by atoms with E-state index in [1.165, 1.54) is 28.7 Å². The summed E-state index contributed by atoms with van der Waals surface area (Å²) in [6.45, 7) is 23.3. The summed E-state index contributed by atoms with van der Waals surface area (Å²) in [6.07, 6.45) is 19.2. The fourth-order valence-corrected chi connectivity index (χ4v) is 2.29. The minimum Gasteiger partial charge on any atom is -0.210 e. The van der Waals surface area contributed by atoms with Crippen molar-refractivity contribution in [1.29, 1.82) is 0 Å². The summed E-state index contributed by atoms with van der Waals surface area (Å²) in [5.74, 6) is 0.763. The van der Waals surface area contributed by atoms with E-state index < -0.39 is 0 Å². The Labute approximate surface area is 188 Å². The van der Waals surface area contributed by atoms with E-state index in [9.17, 15) is 0 Å². The molecule has 0 N–H and O–H groups in total. The summed E-state index contributed by atoms with van der Waals surface area (Å²) in [7, 11) is 2.04. The Kier molecular flexibility index (Phi) is 15.4. The van der Waals surface area contributed by atoms with Crippen molar-refractivity contribution < 1.29 is 4.58 Å². The molecule has 1 aromatic carbocycles. The summed E-state index contributed by atoms with van der Waals surface area (Å²) in [4.78, 5) is 0. The second-order valence-electron chi connectivity index (χ2n) is 9.40. The van der Waals surface area contributed by atoms with Crippen LogP contribution in [0.2, 0.25) is 0 Å². The van der Waals surface area contributed by atoms with Crippen LogP contribution in [0.1, 0.15) is 71.1 Å². The molecule has 0 aliphatic heterocycles. The van der Waals surface area contributed by atoms with Gasteiger partial charge >= 0.3 is 0 Å². The van der Waals surface area contributed by atoms with Crippen LogP contribution in [-0.2, 0) is 0 Å². The van der Waals surface area contributed by atoms with Crippen LogP contribution in [0.4, 0.5) is 0 Å². The van der Waals surface area contributed by atoms with Gasteiger partial charge < -0.3 is 0 Å². The number of allylic oxidation sites excluding steroid dienone is 5. The predicted molar refractivity (Wildman–Crippen MR) is 138 cm³/mol. The molecule has 0 radical (unpaired) electrons. The smallest absolute Gasteiger partial charge is 0.170 e. The molecule has 1 nitrogen and oxygen atoms in total. The van der Waals surface area contributed by atoms with Crippen LogP contribution in [0.15, 0.2) is 54.3 Å². The van der Waals surface area contributed by atoms with E-state index in [-0.39, 0.29) is 0 Å². The number of benzene rings is 1. The van der Waals surface area contributed by atoms with E-state index >= 15 is 0 Å². The van der Waals surface area contributed by atoms with Crippen LogP contribution in [0.25, 0.3) is 0 Å². The third-order valence-electron chi connectivity index (χ3n) is 4.74. The average Bonchev–Trinajstić information content (AvgIpc) is 2.67. The van der Waals surface area contributed by atoms with Gasteiger partial charge in [-0.25, -0.2) is 4.58 Å². The summed E-state index contributed by atoms with van der Waals surface area (Å²) >= 11 is 0. The highest BCUT2D eigenvalue weighted by Crippen LogP contribution is 2.16. The Morgan fingerprint density at radius 1 is 1.13 bits per heavy atom. The van der Waals surface area contributed by atoms with Crippen molar-refractivity contribution in [2.45, 2.75) is 75.2 Å². The lowest BCUT2D eigenvalue weighted by molar-refractivity contribution is -0.439. The highest BCUT2D eigenvalue weighted by atomic mass is 15.0. The Balaban J connectivity index is 0. The van der Waals surface area contributed by atoms with Gasteiger partial charge in [-0.2, -0.15) is 0 Å². The first kappa shape index (κ1) is 29.9. The molecule has 1 atom stereocenters. The van der Waals surface area contributed by atoms with Crippen LogP contribution in [0.5, 0.6) is 0 Å². The molecule has 2 rings (SSSR count). The summed E-state index contributed by atoms with van der Waals surface area (Å²) < 4.78 is 2.07. The molecule has 1 aromatic rings. The standard InChI is InChI=1S/C10H20N.C9H12.C8H12.C2H2/c1-9(2)11(6)8-7-10(3,4)5;1-7-4-5-8(2)9(3)6-7;1-7-3-5-8(2)6-4-7;1-2/h8H,1,7H2,2-6H3;4-6H,1-3H3;3-5,8H,6H2,1-2H3;1-2H/q+1;;;. The molecule has 0 bridgehead atoms. The number of hydrogen-bond donors (Lipinski definition) is 0. The lowest BCUT2D eigenvalue weighted by Crippen LogP contribution is -2.11. The summed E-state index contributed by atoms with van der Waals surface area (Å²) in [5, 5.41) is 0. The van der Waals surface area contributed by atoms with Crippen molar-refractivity contribution in [1.82, 2.24) is 0 Å².